The summed E-state index contributed by atoms with van der Waals surface area (Å²) >= 11 is 12.1. The molecule has 0 radical (unpaired) electrons. The second-order valence-electron chi connectivity index (χ2n) is 6.98. The van der Waals surface area contributed by atoms with E-state index in [1.54, 1.807) is 29.2 Å². The molecule has 0 fully saturated rings. The third-order valence-electron chi connectivity index (χ3n) is 4.62. The van der Waals surface area contributed by atoms with Crippen molar-refractivity contribution in [3.05, 3.63) is 93.7 Å². The summed E-state index contributed by atoms with van der Waals surface area (Å²) in [6, 6.07) is 15.2. The molecule has 3 rings (SSSR count). The molecule has 10 heteroatoms. The summed E-state index contributed by atoms with van der Waals surface area (Å²) in [7, 11) is -2.58. The van der Waals surface area contributed by atoms with E-state index >= 15 is 0 Å². The van der Waals surface area contributed by atoms with Gasteiger partial charge in [-0.05, 0) is 60.2 Å². The Morgan fingerprint density at radius 3 is 2.27 bits per heavy atom. The molecule has 174 valence electrons. The molecule has 0 saturated carbocycles. The van der Waals surface area contributed by atoms with Gasteiger partial charge in [-0.15, -0.1) is 0 Å². The van der Waals surface area contributed by atoms with Gasteiger partial charge in [-0.3, -0.25) is 4.79 Å². The van der Waals surface area contributed by atoms with Gasteiger partial charge in [0, 0.05) is 25.2 Å². The molecule has 0 heterocycles. The molecule has 0 saturated heterocycles. The SMILES string of the molecule is COCCN(Cc1ccc(OS(=O)(=O)c2ccc(F)cc2)cc1)C(=O)c1ccc(Cl)cc1Cl. The fourth-order valence-corrected chi connectivity index (χ4v) is 4.35. The molecule has 0 atom stereocenters. The molecule has 0 spiro atoms. The lowest BCUT2D eigenvalue weighted by Gasteiger charge is -2.23. The first-order valence-electron chi connectivity index (χ1n) is 9.72. The number of nitrogens with zero attached hydrogens (tertiary/aromatic N) is 1. The van der Waals surface area contributed by atoms with Crippen LogP contribution >= 0.6 is 23.2 Å². The van der Waals surface area contributed by atoms with Crippen LogP contribution in [0, 0.1) is 5.82 Å². The predicted molar refractivity (Wildman–Crippen MR) is 124 cm³/mol. The number of hydrogen-bond acceptors (Lipinski definition) is 5. The fraction of sp³-hybridized carbons (Fsp3) is 0.174. The molecule has 1 amide bonds. The molecule has 0 aromatic heterocycles. The third kappa shape index (κ3) is 6.68. The van der Waals surface area contributed by atoms with Gasteiger partial charge < -0.3 is 13.8 Å². The highest BCUT2D eigenvalue weighted by Crippen LogP contribution is 2.24. The van der Waals surface area contributed by atoms with Crippen LogP contribution in [0.25, 0.3) is 0 Å². The van der Waals surface area contributed by atoms with Crippen molar-refractivity contribution in [3.8, 4) is 5.75 Å². The molecule has 0 aliphatic carbocycles. The molecule has 0 unspecified atom stereocenters. The second kappa shape index (κ2) is 11.0. The fourth-order valence-electron chi connectivity index (χ4n) is 2.93. The first-order valence-corrected chi connectivity index (χ1v) is 11.9. The Balaban J connectivity index is 1.75. The van der Waals surface area contributed by atoms with Crippen LogP contribution in [-0.2, 0) is 21.4 Å². The molecule has 33 heavy (non-hydrogen) atoms. The largest absolute Gasteiger partial charge is 0.383 e. The smallest absolute Gasteiger partial charge is 0.339 e. The molecule has 0 N–H and O–H groups in total. The maximum Gasteiger partial charge on any atom is 0.339 e. The average molecular weight is 512 g/mol. The van der Waals surface area contributed by atoms with Crippen LogP contribution in [0.4, 0.5) is 4.39 Å². The highest BCUT2D eigenvalue weighted by Gasteiger charge is 2.20. The number of methoxy groups -OCH3 is 1. The molecule has 0 bridgehead atoms. The van der Waals surface area contributed by atoms with E-state index in [0.29, 0.717) is 23.7 Å². The summed E-state index contributed by atoms with van der Waals surface area (Å²) in [6.45, 7) is 0.853. The zero-order chi connectivity index (χ0) is 24.0. The van der Waals surface area contributed by atoms with Gasteiger partial charge in [0.05, 0.1) is 17.2 Å². The lowest BCUT2D eigenvalue weighted by atomic mass is 10.1. The van der Waals surface area contributed by atoms with E-state index in [2.05, 4.69) is 0 Å². The minimum atomic E-state index is -4.11. The quantitative estimate of drug-likeness (QED) is 0.369. The normalized spacial score (nSPS) is 11.3. The van der Waals surface area contributed by atoms with E-state index in [0.717, 1.165) is 29.8 Å². The Hall–Kier alpha value is -2.65. The maximum atomic E-state index is 13.0. The Labute approximate surface area is 201 Å². The molecule has 3 aromatic carbocycles. The van der Waals surface area contributed by atoms with E-state index < -0.39 is 15.9 Å². The highest BCUT2D eigenvalue weighted by molar-refractivity contribution is 7.87. The third-order valence-corrected chi connectivity index (χ3v) is 6.43. The number of benzene rings is 3. The van der Waals surface area contributed by atoms with Crippen molar-refractivity contribution in [2.75, 3.05) is 20.3 Å². The standard InChI is InChI=1S/C23H20Cl2FNO5S/c1-31-13-12-27(23(28)21-11-4-17(24)14-22(21)25)15-16-2-7-19(8-3-16)32-33(29,30)20-9-5-18(26)6-10-20/h2-11,14H,12-13,15H2,1H3. The van der Waals surface area contributed by atoms with Gasteiger partial charge in [0.15, 0.2) is 0 Å². The van der Waals surface area contributed by atoms with Crippen LogP contribution < -0.4 is 4.18 Å². The number of carbonyl (C=O) groups is 1. The summed E-state index contributed by atoms with van der Waals surface area (Å²) in [5.74, 6) is -0.766. The Morgan fingerprint density at radius 1 is 1.00 bits per heavy atom. The van der Waals surface area contributed by atoms with Crippen molar-refractivity contribution in [2.45, 2.75) is 11.4 Å². The zero-order valence-corrected chi connectivity index (χ0v) is 19.8. The molecular weight excluding hydrogens is 492 g/mol. The van der Waals surface area contributed by atoms with Crippen molar-refractivity contribution < 1.29 is 26.5 Å². The van der Waals surface area contributed by atoms with Crippen LogP contribution in [0.1, 0.15) is 15.9 Å². The minimum Gasteiger partial charge on any atom is -0.383 e. The summed E-state index contributed by atoms with van der Waals surface area (Å²) in [6.07, 6.45) is 0. The van der Waals surface area contributed by atoms with E-state index in [-0.39, 0.29) is 28.1 Å². The zero-order valence-electron chi connectivity index (χ0n) is 17.5. The van der Waals surface area contributed by atoms with E-state index in [1.807, 2.05) is 0 Å². The van der Waals surface area contributed by atoms with Gasteiger partial charge in [-0.25, -0.2) is 4.39 Å². The summed E-state index contributed by atoms with van der Waals surface area (Å²) in [4.78, 5) is 14.4. The van der Waals surface area contributed by atoms with Crippen LogP contribution in [0.15, 0.2) is 71.6 Å². The van der Waals surface area contributed by atoms with Crippen molar-refractivity contribution in [1.29, 1.82) is 0 Å². The van der Waals surface area contributed by atoms with E-state index in [4.69, 9.17) is 32.1 Å². The minimum absolute atomic E-state index is 0.0820. The second-order valence-corrected chi connectivity index (χ2v) is 9.37. The molecule has 3 aromatic rings. The van der Waals surface area contributed by atoms with Crippen molar-refractivity contribution in [2.24, 2.45) is 0 Å². The van der Waals surface area contributed by atoms with Gasteiger partial charge in [-0.1, -0.05) is 35.3 Å². The topological polar surface area (TPSA) is 72.9 Å². The first kappa shape index (κ1) is 25.0. The maximum absolute atomic E-state index is 13.0. The monoisotopic (exact) mass is 511 g/mol. The van der Waals surface area contributed by atoms with Gasteiger partial charge in [0.25, 0.3) is 5.91 Å². The summed E-state index contributed by atoms with van der Waals surface area (Å²) < 4.78 is 48.0. The highest BCUT2D eigenvalue weighted by atomic mass is 35.5. The van der Waals surface area contributed by atoms with Crippen LogP contribution in [0.5, 0.6) is 5.75 Å². The van der Waals surface area contributed by atoms with Gasteiger partial charge in [0.1, 0.15) is 16.5 Å². The number of rotatable bonds is 9. The first-order chi connectivity index (χ1) is 15.7. The Kier molecular flexibility index (Phi) is 8.31. The van der Waals surface area contributed by atoms with E-state index in [1.165, 1.54) is 25.3 Å². The van der Waals surface area contributed by atoms with Crippen LogP contribution in [-0.4, -0.2) is 39.5 Å². The number of halogens is 3. The Morgan fingerprint density at radius 2 is 1.67 bits per heavy atom. The molecular formula is C23H20Cl2FNO5S. The number of hydrogen-bond donors (Lipinski definition) is 0. The predicted octanol–water partition coefficient (Wildman–Crippen LogP) is 5.19. The summed E-state index contributed by atoms with van der Waals surface area (Å²) in [5, 5.41) is 0.663. The van der Waals surface area contributed by atoms with Gasteiger partial charge in [-0.2, -0.15) is 8.42 Å². The lowest BCUT2D eigenvalue weighted by molar-refractivity contribution is 0.0680. The molecule has 0 aliphatic rings. The number of ether oxygens (including phenoxy) is 1. The van der Waals surface area contributed by atoms with Crippen molar-refractivity contribution >= 4 is 39.2 Å². The van der Waals surface area contributed by atoms with Crippen LogP contribution in [0.2, 0.25) is 10.0 Å². The lowest BCUT2D eigenvalue weighted by Crippen LogP contribution is -2.33. The number of amides is 1. The van der Waals surface area contributed by atoms with Gasteiger partial charge >= 0.3 is 10.1 Å². The molecule has 6 nitrogen and oxygen atoms in total. The Bertz CT molecular complexity index is 1220. The van der Waals surface area contributed by atoms with Gasteiger partial charge in [0.2, 0.25) is 0 Å². The molecule has 0 aliphatic heterocycles. The number of carbonyl (C=O) groups excluding carboxylic acids is 1. The average Bonchev–Trinajstić information content (AvgIpc) is 2.77. The van der Waals surface area contributed by atoms with Crippen molar-refractivity contribution in [1.82, 2.24) is 4.90 Å². The van der Waals surface area contributed by atoms with E-state index in [9.17, 15) is 17.6 Å². The van der Waals surface area contributed by atoms with Crippen LogP contribution in [0.3, 0.4) is 0 Å². The summed E-state index contributed by atoms with van der Waals surface area (Å²) in [5.41, 5.74) is 1.04. The van der Waals surface area contributed by atoms with Crippen molar-refractivity contribution in [3.63, 3.8) is 0 Å².